The lowest BCUT2D eigenvalue weighted by molar-refractivity contribution is -0.119. The van der Waals surface area contributed by atoms with Crippen LogP contribution >= 0.6 is 0 Å². The van der Waals surface area contributed by atoms with Crippen LogP contribution in [-0.4, -0.2) is 31.6 Å². The normalized spacial score (nSPS) is 16.1. The number of hydrogen-bond acceptors (Lipinski definition) is 4. The number of hydrogen-bond donors (Lipinski definition) is 1. The Bertz CT molecular complexity index is 859. The number of amides is 1. The van der Waals surface area contributed by atoms with Crippen LogP contribution in [0, 0.1) is 0 Å². The first-order chi connectivity index (χ1) is 14.0. The molecule has 2 N–H and O–H groups in total. The largest absolute Gasteiger partial charge is 0.462 e. The zero-order chi connectivity index (χ0) is 20.8. The Balaban J connectivity index is 1.96. The van der Waals surface area contributed by atoms with Gasteiger partial charge in [0.25, 0.3) is 0 Å². The Morgan fingerprint density at radius 2 is 1.79 bits per heavy atom. The molecule has 1 aliphatic heterocycles. The van der Waals surface area contributed by atoms with Crippen LogP contribution in [-0.2, 0) is 9.53 Å². The van der Waals surface area contributed by atoms with Crippen LogP contribution in [0.15, 0.2) is 48.5 Å². The molecule has 0 aromatic heterocycles. The molecule has 2 unspecified atom stereocenters. The van der Waals surface area contributed by atoms with E-state index < -0.39 is 11.8 Å². The number of benzene rings is 2. The summed E-state index contributed by atoms with van der Waals surface area (Å²) in [6.07, 6.45) is 3.63. The molecule has 29 heavy (non-hydrogen) atoms. The summed E-state index contributed by atoms with van der Waals surface area (Å²) in [5.74, 6) is -1.44. The van der Waals surface area contributed by atoms with E-state index in [0.29, 0.717) is 12.2 Å². The van der Waals surface area contributed by atoms with E-state index in [1.807, 2.05) is 25.1 Å². The van der Waals surface area contributed by atoms with Gasteiger partial charge in [-0.2, -0.15) is 0 Å². The summed E-state index contributed by atoms with van der Waals surface area (Å²) in [4.78, 5) is 27.1. The average molecular weight is 395 g/mol. The second-order valence-electron chi connectivity index (χ2n) is 7.62. The van der Waals surface area contributed by atoms with Crippen molar-refractivity contribution in [2.45, 2.75) is 44.9 Å². The maximum atomic E-state index is 12.5. The molecule has 5 heteroatoms. The highest BCUT2D eigenvalue weighted by Gasteiger charge is 2.29. The van der Waals surface area contributed by atoms with E-state index in [2.05, 4.69) is 17.0 Å². The van der Waals surface area contributed by atoms with Gasteiger partial charge in [-0.25, -0.2) is 4.79 Å². The third-order valence-corrected chi connectivity index (χ3v) is 5.69. The van der Waals surface area contributed by atoms with Crippen molar-refractivity contribution in [2.75, 3.05) is 24.6 Å². The van der Waals surface area contributed by atoms with Gasteiger partial charge >= 0.3 is 5.97 Å². The SMILES string of the molecule is CCOC(=O)c1cccc(C(C(N)=O)C(C)c2ccccc2N2CCCCC2)c1. The molecule has 154 valence electrons. The molecule has 2 aromatic carbocycles. The summed E-state index contributed by atoms with van der Waals surface area (Å²) >= 11 is 0. The molecule has 3 rings (SSSR count). The van der Waals surface area contributed by atoms with Crippen molar-refractivity contribution >= 4 is 17.6 Å². The van der Waals surface area contributed by atoms with E-state index in [0.717, 1.165) is 24.2 Å². The minimum Gasteiger partial charge on any atom is -0.462 e. The number of piperidine rings is 1. The van der Waals surface area contributed by atoms with Crippen LogP contribution in [0.3, 0.4) is 0 Å². The minimum atomic E-state index is -0.532. The number of ether oxygens (including phenoxy) is 1. The van der Waals surface area contributed by atoms with Gasteiger partial charge in [0, 0.05) is 18.8 Å². The summed E-state index contributed by atoms with van der Waals surface area (Å²) in [6, 6.07) is 15.3. The van der Waals surface area contributed by atoms with Gasteiger partial charge in [0.1, 0.15) is 0 Å². The highest BCUT2D eigenvalue weighted by molar-refractivity contribution is 5.90. The fraction of sp³-hybridized carbons (Fsp3) is 0.417. The lowest BCUT2D eigenvalue weighted by atomic mass is 9.80. The van der Waals surface area contributed by atoms with Crippen LogP contribution in [0.4, 0.5) is 5.69 Å². The predicted octanol–water partition coefficient (Wildman–Crippen LogP) is 4.23. The van der Waals surface area contributed by atoms with Crippen molar-refractivity contribution in [1.29, 1.82) is 0 Å². The number of nitrogens with zero attached hydrogens (tertiary/aromatic N) is 1. The smallest absolute Gasteiger partial charge is 0.338 e. The van der Waals surface area contributed by atoms with Crippen molar-refractivity contribution in [3.05, 3.63) is 65.2 Å². The van der Waals surface area contributed by atoms with E-state index in [4.69, 9.17) is 10.5 Å². The Kier molecular flexibility index (Phi) is 6.91. The molecule has 0 saturated carbocycles. The molecule has 0 bridgehead atoms. The van der Waals surface area contributed by atoms with Crippen molar-refractivity contribution < 1.29 is 14.3 Å². The third-order valence-electron chi connectivity index (χ3n) is 5.69. The molecule has 5 nitrogen and oxygen atoms in total. The Labute approximate surface area is 172 Å². The Morgan fingerprint density at radius 3 is 2.48 bits per heavy atom. The van der Waals surface area contributed by atoms with Crippen molar-refractivity contribution in [2.24, 2.45) is 5.73 Å². The van der Waals surface area contributed by atoms with E-state index >= 15 is 0 Å². The molecular weight excluding hydrogens is 364 g/mol. The molecule has 1 amide bonds. The first-order valence-electron chi connectivity index (χ1n) is 10.4. The van der Waals surface area contributed by atoms with Crippen LogP contribution in [0.25, 0.3) is 0 Å². The highest BCUT2D eigenvalue weighted by atomic mass is 16.5. The number of nitrogens with two attached hydrogens (primary N) is 1. The fourth-order valence-corrected chi connectivity index (χ4v) is 4.25. The Hall–Kier alpha value is -2.82. The lowest BCUT2D eigenvalue weighted by Crippen LogP contribution is -2.32. The van der Waals surface area contributed by atoms with Gasteiger partial charge < -0.3 is 15.4 Å². The van der Waals surface area contributed by atoms with Crippen LogP contribution in [0.1, 0.15) is 66.4 Å². The number of para-hydroxylation sites is 1. The first kappa shape index (κ1) is 20.9. The maximum Gasteiger partial charge on any atom is 0.338 e. The van der Waals surface area contributed by atoms with E-state index in [-0.39, 0.29) is 11.9 Å². The highest BCUT2D eigenvalue weighted by Crippen LogP contribution is 2.38. The van der Waals surface area contributed by atoms with Crippen LogP contribution in [0.2, 0.25) is 0 Å². The topological polar surface area (TPSA) is 72.6 Å². The molecule has 1 saturated heterocycles. The molecule has 0 spiro atoms. The summed E-state index contributed by atoms with van der Waals surface area (Å²) in [5, 5.41) is 0. The second-order valence-corrected chi connectivity index (χ2v) is 7.62. The van der Waals surface area contributed by atoms with E-state index in [1.54, 1.807) is 25.1 Å². The second kappa shape index (κ2) is 9.59. The van der Waals surface area contributed by atoms with Crippen LogP contribution in [0.5, 0.6) is 0 Å². The number of primary amides is 1. The number of rotatable bonds is 7. The third kappa shape index (κ3) is 4.78. The quantitative estimate of drug-likeness (QED) is 0.714. The summed E-state index contributed by atoms with van der Waals surface area (Å²) in [6.45, 7) is 6.18. The molecule has 1 heterocycles. The number of esters is 1. The van der Waals surface area contributed by atoms with Gasteiger partial charge in [-0.3, -0.25) is 4.79 Å². The molecule has 1 aliphatic rings. The number of carbonyl (C=O) groups is 2. The molecule has 1 fully saturated rings. The molecule has 0 aliphatic carbocycles. The monoisotopic (exact) mass is 394 g/mol. The van der Waals surface area contributed by atoms with Crippen molar-refractivity contribution in [3.63, 3.8) is 0 Å². The van der Waals surface area contributed by atoms with Crippen molar-refractivity contribution in [3.8, 4) is 0 Å². The van der Waals surface area contributed by atoms with E-state index in [1.165, 1.54) is 24.9 Å². The summed E-state index contributed by atoms with van der Waals surface area (Å²) < 4.78 is 5.10. The minimum absolute atomic E-state index is 0.122. The fourth-order valence-electron chi connectivity index (χ4n) is 4.25. The molecule has 2 aromatic rings. The van der Waals surface area contributed by atoms with Gasteiger partial charge in [0.15, 0.2) is 0 Å². The van der Waals surface area contributed by atoms with Gasteiger partial charge in [-0.15, -0.1) is 0 Å². The van der Waals surface area contributed by atoms with Gasteiger partial charge in [0.2, 0.25) is 5.91 Å². The maximum absolute atomic E-state index is 12.5. The average Bonchev–Trinajstić information content (AvgIpc) is 2.74. The lowest BCUT2D eigenvalue weighted by Gasteiger charge is -2.33. The summed E-state index contributed by atoms with van der Waals surface area (Å²) in [5.41, 5.74) is 9.31. The molecule has 0 radical (unpaired) electrons. The number of carbonyl (C=O) groups excluding carboxylic acids is 2. The van der Waals surface area contributed by atoms with Gasteiger partial charge in [-0.1, -0.05) is 37.3 Å². The van der Waals surface area contributed by atoms with Crippen molar-refractivity contribution in [1.82, 2.24) is 0 Å². The van der Waals surface area contributed by atoms with E-state index in [9.17, 15) is 9.59 Å². The van der Waals surface area contributed by atoms with Crippen LogP contribution < -0.4 is 10.6 Å². The Morgan fingerprint density at radius 1 is 1.07 bits per heavy atom. The number of anilines is 1. The summed E-state index contributed by atoms with van der Waals surface area (Å²) in [7, 11) is 0. The first-order valence-corrected chi connectivity index (χ1v) is 10.4. The zero-order valence-electron chi connectivity index (χ0n) is 17.3. The predicted molar refractivity (Wildman–Crippen MR) is 115 cm³/mol. The standard InChI is InChI=1S/C24H30N2O3/c1-3-29-24(28)19-11-9-10-18(16-19)22(23(25)27)17(2)20-12-5-6-13-21(20)26-14-7-4-8-15-26/h5-6,9-13,16-17,22H,3-4,7-8,14-15H2,1-2H3,(H2,25,27). The van der Waals surface area contributed by atoms with Gasteiger partial charge in [-0.05, 0) is 61.4 Å². The molecule has 2 atom stereocenters. The zero-order valence-corrected chi connectivity index (χ0v) is 17.3. The van der Waals surface area contributed by atoms with Gasteiger partial charge in [0.05, 0.1) is 18.1 Å². The molecular formula is C24H30N2O3.